The molecular formula is C12H13ClO. The van der Waals surface area contributed by atoms with Crippen LogP contribution in [0.5, 0.6) is 0 Å². The minimum Gasteiger partial charge on any atom is -0.300 e. The molecule has 1 aromatic carbocycles. The summed E-state index contributed by atoms with van der Waals surface area (Å²) < 4.78 is 0. The van der Waals surface area contributed by atoms with E-state index < -0.39 is 0 Å². The van der Waals surface area contributed by atoms with Crippen molar-refractivity contribution in [2.45, 2.75) is 25.7 Å². The second-order valence-electron chi connectivity index (χ2n) is 3.94. The van der Waals surface area contributed by atoms with Crippen molar-refractivity contribution >= 4 is 17.4 Å². The van der Waals surface area contributed by atoms with Crippen LogP contribution in [0.2, 0.25) is 5.02 Å². The number of carbonyl (C=O) groups is 1. The molecule has 1 aliphatic rings. The number of carbonyl (C=O) groups excluding carboxylic acids is 1. The minimum absolute atomic E-state index is 0.405. The van der Waals surface area contributed by atoms with Crippen molar-refractivity contribution in [1.82, 2.24) is 0 Å². The summed E-state index contributed by atoms with van der Waals surface area (Å²) in [5.74, 6) is 0.921. The van der Waals surface area contributed by atoms with Gasteiger partial charge in [-0.15, -0.1) is 0 Å². The zero-order chi connectivity index (χ0) is 9.97. The summed E-state index contributed by atoms with van der Waals surface area (Å²) in [5, 5.41) is 0.826. The average Bonchev–Trinajstić information content (AvgIpc) is 2.56. The zero-order valence-corrected chi connectivity index (χ0v) is 8.76. The monoisotopic (exact) mass is 208 g/mol. The highest BCUT2D eigenvalue weighted by Crippen LogP contribution is 2.28. The number of halogens is 1. The van der Waals surface area contributed by atoms with E-state index in [1.165, 1.54) is 5.56 Å². The highest BCUT2D eigenvalue weighted by molar-refractivity contribution is 6.31. The van der Waals surface area contributed by atoms with Gasteiger partial charge in [-0.05, 0) is 30.4 Å². The largest absolute Gasteiger partial charge is 0.300 e. The Morgan fingerprint density at radius 3 is 2.79 bits per heavy atom. The summed E-state index contributed by atoms with van der Waals surface area (Å²) >= 11 is 6.05. The van der Waals surface area contributed by atoms with Gasteiger partial charge in [0.05, 0.1) is 0 Å². The van der Waals surface area contributed by atoms with E-state index in [9.17, 15) is 4.79 Å². The van der Waals surface area contributed by atoms with Gasteiger partial charge < -0.3 is 0 Å². The van der Waals surface area contributed by atoms with E-state index in [-0.39, 0.29) is 0 Å². The Morgan fingerprint density at radius 2 is 2.14 bits per heavy atom. The molecule has 0 saturated heterocycles. The first kappa shape index (κ1) is 9.72. The maximum Gasteiger partial charge on any atom is 0.133 e. The van der Waals surface area contributed by atoms with Crippen molar-refractivity contribution in [3.8, 4) is 0 Å². The van der Waals surface area contributed by atoms with Crippen LogP contribution in [-0.2, 0) is 11.2 Å². The van der Waals surface area contributed by atoms with Crippen molar-refractivity contribution < 1.29 is 4.79 Å². The Labute approximate surface area is 89.1 Å². The van der Waals surface area contributed by atoms with Crippen LogP contribution in [0.25, 0.3) is 0 Å². The van der Waals surface area contributed by atoms with Crippen LogP contribution in [-0.4, -0.2) is 5.78 Å². The Hall–Kier alpha value is -0.820. The lowest BCUT2D eigenvalue weighted by molar-refractivity contribution is -0.117. The number of Topliss-reactive ketones (excluding diaryl/α,β-unsaturated/α-hetero) is 1. The van der Waals surface area contributed by atoms with Gasteiger partial charge in [0, 0.05) is 17.9 Å². The van der Waals surface area contributed by atoms with Gasteiger partial charge in [0.1, 0.15) is 5.78 Å². The molecule has 0 amide bonds. The second kappa shape index (κ2) is 4.14. The van der Waals surface area contributed by atoms with Gasteiger partial charge in [-0.2, -0.15) is 0 Å². The molecule has 2 rings (SSSR count). The molecule has 0 bridgehead atoms. The van der Waals surface area contributed by atoms with Crippen molar-refractivity contribution in [3.05, 3.63) is 34.9 Å². The van der Waals surface area contributed by atoms with Gasteiger partial charge in [0.25, 0.3) is 0 Å². The van der Waals surface area contributed by atoms with E-state index in [0.717, 1.165) is 30.7 Å². The molecule has 0 aliphatic heterocycles. The van der Waals surface area contributed by atoms with E-state index in [4.69, 9.17) is 11.6 Å². The summed E-state index contributed by atoms with van der Waals surface area (Å²) in [6.45, 7) is 0. The van der Waals surface area contributed by atoms with Gasteiger partial charge in [0.15, 0.2) is 0 Å². The predicted octanol–water partition coefficient (Wildman–Crippen LogP) is 3.25. The van der Waals surface area contributed by atoms with E-state index in [2.05, 4.69) is 0 Å². The molecule has 0 aromatic heterocycles. The number of rotatable bonds is 2. The highest BCUT2D eigenvalue weighted by atomic mass is 35.5. The molecule has 0 radical (unpaired) electrons. The van der Waals surface area contributed by atoms with Crippen molar-refractivity contribution in [3.63, 3.8) is 0 Å². The van der Waals surface area contributed by atoms with E-state index in [0.29, 0.717) is 11.7 Å². The van der Waals surface area contributed by atoms with Crippen LogP contribution in [0.4, 0.5) is 0 Å². The maximum absolute atomic E-state index is 11.1. The molecule has 1 aliphatic carbocycles. The summed E-state index contributed by atoms with van der Waals surface area (Å²) in [5.41, 5.74) is 1.17. The lowest BCUT2D eigenvalue weighted by atomic mass is 9.98. The molecule has 74 valence electrons. The summed E-state index contributed by atoms with van der Waals surface area (Å²) in [6, 6.07) is 7.89. The molecule has 0 heterocycles. The van der Waals surface area contributed by atoms with Crippen LogP contribution in [0, 0.1) is 5.92 Å². The number of hydrogen-bond acceptors (Lipinski definition) is 1. The third-order valence-electron chi connectivity index (χ3n) is 2.81. The minimum atomic E-state index is 0.405. The van der Waals surface area contributed by atoms with Gasteiger partial charge in [0.2, 0.25) is 0 Å². The van der Waals surface area contributed by atoms with Gasteiger partial charge >= 0.3 is 0 Å². The Bertz CT molecular complexity index is 346. The lowest BCUT2D eigenvalue weighted by Gasteiger charge is -2.08. The van der Waals surface area contributed by atoms with Gasteiger partial charge in [-0.1, -0.05) is 29.8 Å². The molecule has 1 unspecified atom stereocenters. The smallest absolute Gasteiger partial charge is 0.133 e. The lowest BCUT2D eigenvalue weighted by Crippen LogP contribution is -2.00. The normalized spacial score (nSPS) is 21.5. The Kier molecular flexibility index (Phi) is 2.87. The van der Waals surface area contributed by atoms with Gasteiger partial charge in [-0.25, -0.2) is 0 Å². The third kappa shape index (κ3) is 2.16. The molecule has 14 heavy (non-hydrogen) atoms. The molecule has 1 fully saturated rings. The Balaban J connectivity index is 2.04. The fourth-order valence-corrected chi connectivity index (χ4v) is 2.25. The molecule has 1 atom stereocenters. The summed E-state index contributed by atoms with van der Waals surface area (Å²) in [4.78, 5) is 11.1. The predicted molar refractivity (Wildman–Crippen MR) is 57.5 cm³/mol. The van der Waals surface area contributed by atoms with Crippen LogP contribution >= 0.6 is 11.6 Å². The fourth-order valence-electron chi connectivity index (χ4n) is 2.04. The topological polar surface area (TPSA) is 17.1 Å². The summed E-state index contributed by atoms with van der Waals surface area (Å²) in [7, 11) is 0. The van der Waals surface area contributed by atoms with E-state index in [1.807, 2.05) is 24.3 Å². The van der Waals surface area contributed by atoms with Crippen LogP contribution in [0.3, 0.4) is 0 Å². The Morgan fingerprint density at radius 1 is 1.36 bits per heavy atom. The maximum atomic E-state index is 11.1. The molecule has 2 heteroatoms. The number of ketones is 1. The van der Waals surface area contributed by atoms with E-state index >= 15 is 0 Å². The van der Waals surface area contributed by atoms with Crippen LogP contribution in [0.15, 0.2) is 24.3 Å². The molecule has 0 N–H and O–H groups in total. The number of benzene rings is 1. The quantitative estimate of drug-likeness (QED) is 0.729. The second-order valence-corrected chi connectivity index (χ2v) is 4.35. The molecule has 1 nitrogen and oxygen atoms in total. The molecule has 0 spiro atoms. The highest BCUT2D eigenvalue weighted by Gasteiger charge is 2.22. The first-order valence-electron chi connectivity index (χ1n) is 5.01. The SMILES string of the molecule is O=C1CCC(Cc2ccccc2Cl)C1. The van der Waals surface area contributed by atoms with Gasteiger partial charge in [-0.3, -0.25) is 4.79 Å². The standard InChI is InChI=1S/C12H13ClO/c13-12-4-2-1-3-10(12)7-9-5-6-11(14)8-9/h1-4,9H,5-8H2. The third-order valence-corrected chi connectivity index (χ3v) is 3.18. The number of hydrogen-bond donors (Lipinski definition) is 0. The fraction of sp³-hybridized carbons (Fsp3) is 0.417. The van der Waals surface area contributed by atoms with Crippen LogP contribution in [0.1, 0.15) is 24.8 Å². The van der Waals surface area contributed by atoms with Crippen molar-refractivity contribution in [2.75, 3.05) is 0 Å². The molecule has 1 aromatic rings. The molecular weight excluding hydrogens is 196 g/mol. The van der Waals surface area contributed by atoms with Crippen molar-refractivity contribution in [2.24, 2.45) is 5.92 Å². The summed E-state index contributed by atoms with van der Waals surface area (Å²) in [6.07, 6.45) is 3.48. The molecule has 1 saturated carbocycles. The van der Waals surface area contributed by atoms with Crippen LogP contribution < -0.4 is 0 Å². The average molecular weight is 209 g/mol. The first-order valence-corrected chi connectivity index (χ1v) is 5.38. The first-order chi connectivity index (χ1) is 6.75. The zero-order valence-electron chi connectivity index (χ0n) is 8.00. The van der Waals surface area contributed by atoms with Crippen molar-refractivity contribution in [1.29, 1.82) is 0 Å². The van der Waals surface area contributed by atoms with E-state index in [1.54, 1.807) is 0 Å².